The minimum absolute atomic E-state index is 0.000446. The van der Waals surface area contributed by atoms with E-state index in [1.165, 1.54) is 11.8 Å². The predicted octanol–water partition coefficient (Wildman–Crippen LogP) is 0.564. The van der Waals surface area contributed by atoms with Crippen LogP contribution in [-0.4, -0.2) is 65.3 Å². The van der Waals surface area contributed by atoms with Crippen LogP contribution in [0.4, 0.5) is 0 Å². The fourth-order valence-electron chi connectivity index (χ4n) is 4.16. The van der Waals surface area contributed by atoms with Crippen molar-refractivity contribution in [3.63, 3.8) is 0 Å². The van der Waals surface area contributed by atoms with Gasteiger partial charge in [-0.25, -0.2) is 0 Å². The van der Waals surface area contributed by atoms with E-state index in [1.54, 1.807) is 11.3 Å². The van der Waals surface area contributed by atoms with Crippen molar-refractivity contribution in [3.8, 4) is 0 Å². The Bertz CT molecular complexity index is 719. The molecular weight excluding hydrogens is 364 g/mol. The molecule has 7 nitrogen and oxygen atoms in total. The highest BCUT2D eigenvalue weighted by Crippen LogP contribution is 2.30. The highest BCUT2D eigenvalue weighted by atomic mass is 32.1. The quantitative estimate of drug-likeness (QED) is 0.770. The highest BCUT2D eigenvalue weighted by Gasteiger charge is 2.43. The van der Waals surface area contributed by atoms with Crippen LogP contribution in [-0.2, 0) is 20.9 Å². The van der Waals surface area contributed by atoms with Gasteiger partial charge in [0.15, 0.2) is 0 Å². The molecule has 3 aliphatic rings. The lowest BCUT2D eigenvalue weighted by atomic mass is 10.1. The minimum atomic E-state index is -0.515. The summed E-state index contributed by atoms with van der Waals surface area (Å²) in [6.07, 6.45) is 2.60. The van der Waals surface area contributed by atoms with Crippen molar-refractivity contribution in [3.05, 3.63) is 22.4 Å². The third-order valence-electron chi connectivity index (χ3n) is 5.54. The van der Waals surface area contributed by atoms with Gasteiger partial charge in [0.1, 0.15) is 6.04 Å². The second-order valence-electron chi connectivity index (χ2n) is 7.89. The van der Waals surface area contributed by atoms with Gasteiger partial charge in [-0.2, -0.15) is 0 Å². The number of thiophene rings is 1. The van der Waals surface area contributed by atoms with Gasteiger partial charge in [-0.1, -0.05) is 6.07 Å². The SMILES string of the molecule is CC(=O)N[C@H]1C[C@H]2CN(Cc3cccs3)C[C@H](NC(=O)C3CC3)C(=O)N2C1. The third-order valence-corrected chi connectivity index (χ3v) is 6.40. The second kappa shape index (κ2) is 7.59. The third kappa shape index (κ3) is 4.32. The number of nitrogens with one attached hydrogen (secondary N) is 2. The average Bonchev–Trinajstić information content (AvgIpc) is 3.24. The zero-order chi connectivity index (χ0) is 19.0. The number of rotatable bonds is 5. The molecule has 0 bridgehead atoms. The number of nitrogens with zero attached hydrogens (tertiary/aromatic N) is 2. The van der Waals surface area contributed by atoms with E-state index in [1.807, 2.05) is 11.0 Å². The van der Waals surface area contributed by atoms with E-state index in [9.17, 15) is 14.4 Å². The van der Waals surface area contributed by atoms with Crippen molar-refractivity contribution in [1.29, 1.82) is 0 Å². The molecule has 3 atom stereocenters. The Morgan fingerprint density at radius 2 is 2.04 bits per heavy atom. The topological polar surface area (TPSA) is 81.8 Å². The summed E-state index contributed by atoms with van der Waals surface area (Å²) in [5.74, 6) is -0.0107. The van der Waals surface area contributed by atoms with E-state index in [2.05, 4.69) is 27.0 Å². The molecule has 2 saturated heterocycles. The summed E-state index contributed by atoms with van der Waals surface area (Å²) >= 11 is 1.70. The van der Waals surface area contributed by atoms with Gasteiger partial charge in [0.05, 0.1) is 0 Å². The van der Waals surface area contributed by atoms with Gasteiger partial charge < -0.3 is 15.5 Å². The summed E-state index contributed by atoms with van der Waals surface area (Å²) in [5, 5.41) is 7.99. The number of carbonyl (C=O) groups is 3. The first kappa shape index (κ1) is 18.4. The molecule has 1 aromatic rings. The van der Waals surface area contributed by atoms with Gasteiger partial charge in [-0.15, -0.1) is 11.3 Å². The molecule has 1 saturated carbocycles. The lowest BCUT2D eigenvalue weighted by Crippen LogP contribution is -2.52. The molecule has 4 rings (SSSR count). The van der Waals surface area contributed by atoms with Crippen molar-refractivity contribution >= 4 is 29.1 Å². The van der Waals surface area contributed by atoms with Crippen molar-refractivity contribution in [1.82, 2.24) is 20.4 Å². The van der Waals surface area contributed by atoms with Gasteiger partial charge in [-0.3, -0.25) is 19.3 Å². The molecule has 1 aromatic heterocycles. The Hall–Kier alpha value is -1.93. The summed E-state index contributed by atoms with van der Waals surface area (Å²) in [6, 6.07) is 3.67. The Labute approximate surface area is 163 Å². The van der Waals surface area contributed by atoms with Crippen molar-refractivity contribution in [2.45, 2.75) is 50.9 Å². The van der Waals surface area contributed by atoms with Gasteiger partial charge in [-0.05, 0) is 30.7 Å². The summed E-state index contributed by atoms with van der Waals surface area (Å²) < 4.78 is 0. The monoisotopic (exact) mass is 390 g/mol. The number of carbonyl (C=O) groups excluding carboxylic acids is 3. The molecule has 3 amide bonds. The van der Waals surface area contributed by atoms with Crippen molar-refractivity contribution in [2.75, 3.05) is 19.6 Å². The Morgan fingerprint density at radius 1 is 1.22 bits per heavy atom. The lowest BCUT2D eigenvalue weighted by molar-refractivity contribution is -0.136. The van der Waals surface area contributed by atoms with Crippen LogP contribution < -0.4 is 10.6 Å². The van der Waals surface area contributed by atoms with Crippen LogP contribution in [0.25, 0.3) is 0 Å². The van der Waals surface area contributed by atoms with E-state index in [0.717, 1.165) is 32.4 Å². The van der Waals surface area contributed by atoms with E-state index in [0.29, 0.717) is 13.1 Å². The molecule has 2 N–H and O–H groups in total. The zero-order valence-corrected chi connectivity index (χ0v) is 16.3. The highest BCUT2D eigenvalue weighted by molar-refractivity contribution is 7.09. The normalized spacial score (nSPS) is 28.6. The molecule has 2 aliphatic heterocycles. The molecule has 1 aliphatic carbocycles. The molecule has 0 radical (unpaired) electrons. The van der Waals surface area contributed by atoms with Crippen LogP contribution in [0.15, 0.2) is 17.5 Å². The fraction of sp³-hybridized carbons (Fsp3) is 0.632. The van der Waals surface area contributed by atoms with Gasteiger partial charge in [0.2, 0.25) is 17.7 Å². The number of amides is 3. The molecule has 27 heavy (non-hydrogen) atoms. The number of hydrogen-bond donors (Lipinski definition) is 2. The smallest absolute Gasteiger partial charge is 0.246 e. The van der Waals surface area contributed by atoms with Crippen LogP contribution in [0, 0.1) is 5.92 Å². The molecule has 146 valence electrons. The lowest BCUT2D eigenvalue weighted by Gasteiger charge is -2.24. The van der Waals surface area contributed by atoms with Crippen molar-refractivity contribution in [2.24, 2.45) is 5.92 Å². The summed E-state index contributed by atoms with van der Waals surface area (Å²) in [6.45, 7) is 4.09. The summed E-state index contributed by atoms with van der Waals surface area (Å²) in [4.78, 5) is 42.3. The maximum Gasteiger partial charge on any atom is 0.246 e. The summed E-state index contributed by atoms with van der Waals surface area (Å²) in [7, 11) is 0. The number of fused-ring (bicyclic) bond motifs is 1. The summed E-state index contributed by atoms with van der Waals surface area (Å²) in [5.41, 5.74) is 0. The largest absolute Gasteiger partial charge is 0.352 e. The van der Waals surface area contributed by atoms with E-state index in [4.69, 9.17) is 0 Å². The van der Waals surface area contributed by atoms with E-state index >= 15 is 0 Å². The molecule has 0 aromatic carbocycles. The molecular formula is C19H26N4O3S. The van der Waals surface area contributed by atoms with Crippen LogP contribution in [0.1, 0.15) is 31.1 Å². The molecule has 3 heterocycles. The van der Waals surface area contributed by atoms with Gasteiger partial charge >= 0.3 is 0 Å². The van der Waals surface area contributed by atoms with Crippen LogP contribution in [0.2, 0.25) is 0 Å². The van der Waals surface area contributed by atoms with Crippen LogP contribution in [0.3, 0.4) is 0 Å². The Morgan fingerprint density at radius 3 is 2.70 bits per heavy atom. The molecule has 0 spiro atoms. The van der Waals surface area contributed by atoms with E-state index < -0.39 is 6.04 Å². The van der Waals surface area contributed by atoms with Gasteiger partial charge in [0, 0.05) is 56.0 Å². The average molecular weight is 391 g/mol. The standard InChI is InChI=1S/C19H26N4O3S/c1-12(24)20-14-7-15-9-22(10-16-3-2-6-27-16)11-17(19(26)23(15)8-14)21-18(25)13-4-5-13/h2-3,6,13-15,17H,4-5,7-11H2,1H3,(H,20,24)(H,21,25)/t14-,15-,17-/m0/s1. The maximum atomic E-state index is 13.2. The van der Waals surface area contributed by atoms with Crippen molar-refractivity contribution < 1.29 is 14.4 Å². The number of hydrogen-bond acceptors (Lipinski definition) is 5. The van der Waals surface area contributed by atoms with Gasteiger partial charge in [0.25, 0.3) is 0 Å². The first-order valence-electron chi connectivity index (χ1n) is 9.62. The van der Waals surface area contributed by atoms with Crippen LogP contribution in [0.5, 0.6) is 0 Å². The Balaban J connectivity index is 1.51. The minimum Gasteiger partial charge on any atom is -0.352 e. The first-order valence-corrected chi connectivity index (χ1v) is 10.5. The fourth-order valence-corrected chi connectivity index (χ4v) is 4.90. The predicted molar refractivity (Wildman–Crippen MR) is 102 cm³/mol. The van der Waals surface area contributed by atoms with E-state index in [-0.39, 0.29) is 35.7 Å². The zero-order valence-electron chi connectivity index (χ0n) is 15.5. The molecule has 0 unspecified atom stereocenters. The molecule has 8 heteroatoms. The van der Waals surface area contributed by atoms with Crippen LogP contribution >= 0.6 is 11.3 Å². The Kier molecular flexibility index (Phi) is 5.19. The maximum absolute atomic E-state index is 13.2. The second-order valence-corrected chi connectivity index (χ2v) is 8.92. The first-order chi connectivity index (χ1) is 13.0. The molecule has 3 fully saturated rings.